The third-order valence-corrected chi connectivity index (χ3v) is 7.64. The molecule has 0 radical (unpaired) electrons. The van der Waals surface area contributed by atoms with Crippen molar-refractivity contribution < 1.29 is 23.9 Å². The van der Waals surface area contributed by atoms with Gasteiger partial charge >= 0.3 is 11.9 Å². The molecule has 2 atom stereocenters. The highest BCUT2D eigenvalue weighted by molar-refractivity contribution is 8.16. The van der Waals surface area contributed by atoms with E-state index in [0.717, 1.165) is 34.8 Å². The first-order valence-electron chi connectivity index (χ1n) is 12.4. The number of hydrogen-bond acceptors (Lipinski definition) is 8. The SMILES string of the molecule is CCOC(=O)C1CCCN(C(=O)CC2=CSC3=NC(CC)=C(C(=O)OC)C(c4ccc(C)cc4)N23)C1. The lowest BCUT2D eigenvalue weighted by Crippen LogP contribution is -2.44. The minimum atomic E-state index is -0.441. The van der Waals surface area contributed by atoms with Crippen LogP contribution in [0.2, 0.25) is 0 Å². The Morgan fingerprint density at radius 3 is 2.58 bits per heavy atom. The lowest BCUT2D eigenvalue weighted by atomic mass is 9.92. The number of nitrogens with zero attached hydrogens (tertiary/aromatic N) is 3. The zero-order chi connectivity index (χ0) is 25.8. The first-order chi connectivity index (χ1) is 17.4. The average molecular weight is 512 g/mol. The fraction of sp³-hybridized carbons (Fsp3) is 0.481. The van der Waals surface area contributed by atoms with Gasteiger partial charge in [-0.3, -0.25) is 9.59 Å². The van der Waals surface area contributed by atoms with E-state index in [1.807, 2.05) is 48.4 Å². The van der Waals surface area contributed by atoms with Crippen molar-refractivity contribution in [3.63, 3.8) is 0 Å². The van der Waals surface area contributed by atoms with Crippen LogP contribution in [0.15, 0.2) is 51.6 Å². The van der Waals surface area contributed by atoms with Crippen molar-refractivity contribution in [1.29, 1.82) is 0 Å². The number of thioether (sulfide) groups is 1. The molecule has 36 heavy (non-hydrogen) atoms. The Kier molecular flexibility index (Phi) is 8.18. The van der Waals surface area contributed by atoms with E-state index in [2.05, 4.69) is 0 Å². The number of likely N-dealkylation sites (tertiary alicyclic amines) is 1. The third kappa shape index (κ3) is 5.21. The van der Waals surface area contributed by atoms with Gasteiger partial charge in [0.2, 0.25) is 5.91 Å². The molecule has 9 heteroatoms. The summed E-state index contributed by atoms with van der Waals surface area (Å²) in [6, 6.07) is 7.61. The van der Waals surface area contributed by atoms with Crippen LogP contribution in [-0.4, -0.2) is 59.6 Å². The number of fused-ring (bicyclic) bond motifs is 1. The van der Waals surface area contributed by atoms with Gasteiger partial charge in [0.25, 0.3) is 0 Å². The molecule has 0 spiro atoms. The van der Waals surface area contributed by atoms with Crippen LogP contribution in [0, 0.1) is 12.8 Å². The number of benzene rings is 1. The standard InChI is InChI=1S/C27H33N3O5S/c1-5-21-23(26(33)34-4)24(18-11-9-17(3)10-12-18)30-20(16-36-27(30)28-21)14-22(31)29-13-7-8-19(15-29)25(32)35-6-2/h9-12,16,19,24H,5-8,13-15H2,1-4H3. The number of esters is 2. The van der Waals surface area contributed by atoms with E-state index in [4.69, 9.17) is 14.5 Å². The van der Waals surface area contributed by atoms with Crippen molar-refractivity contribution >= 4 is 34.8 Å². The predicted molar refractivity (Wildman–Crippen MR) is 139 cm³/mol. The minimum Gasteiger partial charge on any atom is -0.466 e. The zero-order valence-corrected chi connectivity index (χ0v) is 22.1. The molecule has 192 valence electrons. The number of carbonyl (C=O) groups is 3. The molecule has 3 aliphatic rings. The van der Waals surface area contributed by atoms with E-state index >= 15 is 0 Å². The maximum Gasteiger partial charge on any atom is 0.338 e. The number of allylic oxidation sites excluding steroid dienone is 1. The molecule has 0 saturated carbocycles. The van der Waals surface area contributed by atoms with Crippen LogP contribution in [0.4, 0.5) is 0 Å². The second-order valence-corrected chi connectivity index (χ2v) is 9.95. The maximum absolute atomic E-state index is 13.4. The molecule has 3 aliphatic heterocycles. The minimum absolute atomic E-state index is 0.0513. The van der Waals surface area contributed by atoms with Gasteiger partial charge < -0.3 is 19.3 Å². The molecule has 0 bridgehead atoms. The Morgan fingerprint density at radius 1 is 1.17 bits per heavy atom. The van der Waals surface area contributed by atoms with Crippen LogP contribution in [0.25, 0.3) is 0 Å². The molecule has 1 aromatic rings. The van der Waals surface area contributed by atoms with Crippen molar-refractivity contribution in [3.8, 4) is 0 Å². The second-order valence-electron chi connectivity index (χ2n) is 9.12. The fourth-order valence-electron chi connectivity index (χ4n) is 4.90. The van der Waals surface area contributed by atoms with Crippen LogP contribution in [0.5, 0.6) is 0 Å². The van der Waals surface area contributed by atoms with Crippen LogP contribution in [0.1, 0.15) is 56.7 Å². The number of aliphatic imine (C=N–C) groups is 1. The molecule has 4 rings (SSSR count). The molecule has 8 nitrogen and oxygen atoms in total. The Morgan fingerprint density at radius 2 is 1.92 bits per heavy atom. The number of carbonyl (C=O) groups excluding carboxylic acids is 3. The van der Waals surface area contributed by atoms with Gasteiger partial charge in [0.15, 0.2) is 5.17 Å². The highest BCUT2D eigenvalue weighted by atomic mass is 32.2. The number of piperidine rings is 1. The van der Waals surface area contributed by atoms with Crippen LogP contribution in [0.3, 0.4) is 0 Å². The lowest BCUT2D eigenvalue weighted by molar-refractivity contribution is -0.151. The molecule has 0 aliphatic carbocycles. The number of hydrogen-bond donors (Lipinski definition) is 0. The van der Waals surface area contributed by atoms with Crippen LogP contribution >= 0.6 is 11.8 Å². The van der Waals surface area contributed by atoms with Crippen LogP contribution < -0.4 is 0 Å². The molecular weight excluding hydrogens is 478 g/mol. The number of methoxy groups -OCH3 is 1. The zero-order valence-electron chi connectivity index (χ0n) is 21.3. The largest absolute Gasteiger partial charge is 0.466 e. The first kappa shape index (κ1) is 26.0. The maximum atomic E-state index is 13.4. The average Bonchev–Trinajstić information content (AvgIpc) is 3.29. The molecule has 1 saturated heterocycles. The molecule has 0 N–H and O–H groups in total. The number of aryl methyl sites for hydroxylation is 1. The highest BCUT2D eigenvalue weighted by Gasteiger charge is 2.42. The predicted octanol–water partition coefficient (Wildman–Crippen LogP) is 4.32. The van der Waals surface area contributed by atoms with Gasteiger partial charge in [-0.05, 0) is 44.1 Å². The van der Waals surface area contributed by atoms with Gasteiger partial charge in [-0.15, -0.1) is 0 Å². The number of amidine groups is 1. The molecule has 2 unspecified atom stereocenters. The second kappa shape index (κ2) is 11.3. The van der Waals surface area contributed by atoms with Gasteiger partial charge in [0, 0.05) is 18.8 Å². The quantitative estimate of drug-likeness (QED) is 0.504. The number of ether oxygens (including phenoxy) is 2. The van der Waals surface area contributed by atoms with Crippen LogP contribution in [-0.2, 0) is 23.9 Å². The van der Waals surface area contributed by atoms with Gasteiger partial charge in [-0.2, -0.15) is 0 Å². The van der Waals surface area contributed by atoms with E-state index in [0.29, 0.717) is 37.4 Å². The van der Waals surface area contributed by atoms with Crippen molar-refractivity contribution in [3.05, 3.63) is 57.8 Å². The topological polar surface area (TPSA) is 88.5 Å². The molecule has 1 fully saturated rings. The monoisotopic (exact) mass is 511 g/mol. The Bertz CT molecular complexity index is 1120. The molecule has 1 amide bonds. The summed E-state index contributed by atoms with van der Waals surface area (Å²) in [5.41, 5.74) is 4.02. The van der Waals surface area contributed by atoms with E-state index in [1.54, 1.807) is 11.8 Å². The normalized spacial score (nSPS) is 21.6. The number of rotatable bonds is 7. The van der Waals surface area contributed by atoms with E-state index in [1.165, 1.54) is 18.9 Å². The van der Waals surface area contributed by atoms with Crippen molar-refractivity contribution in [2.24, 2.45) is 10.9 Å². The highest BCUT2D eigenvalue weighted by Crippen LogP contribution is 2.45. The Balaban J connectivity index is 1.61. The number of amides is 1. The van der Waals surface area contributed by atoms with Gasteiger partial charge in [-0.1, -0.05) is 48.5 Å². The summed E-state index contributed by atoms with van der Waals surface area (Å²) in [7, 11) is 1.38. The van der Waals surface area contributed by atoms with Gasteiger partial charge in [-0.25, -0.2) is 9.79 Å². The smallest absolute Gasteiger partial charge is 0.338 e. The molecule has 0 aromatic heterocycles. The lowest BCUT2D eigenvalue weighted by Gasteiger charge is -2.37. The summed E-state index contributed by atoms with van der Waals surface area (Å²) in [4.78, 5) is 47.2. The first-order valence-corrected chi connectivity index (χ1v) is 13.3. The van der Waals surface area contributed by atoms with Crippen molar-refractivity contribution in [1.82, 2.24) is 9.80 Å². The summed E-state index contributed by atoms with van der Waals surface area (Å²) in [5.74, 6) is -1.00. The Hall–Kier alpha value is -3.07. The summed E-state index contributed by atoms with van der Waals surface area (Å²) < 4.78 is 10.4. The summed E-state index contributed by atoms with van der Waals surface area (Å²) in [5, 5.41) is 2.69. The third-order valence-electron chi connectivity index (χ3n) is 6.75. The van der Waals surface area contributed by atoms with Crippen molar-refractivity contribution in [2.45, 2.75) is 52.5 Å². The van der Waals surface area contributed by atoms with Gasteiger partial charge in [0.1, 0.15) is 0 Å². The molecular formula is C27H33N3O5S. The summed E-state index contributed by atoms with van der Waals surface area (Å²) in [6.45, 7) is 7.10. The van der Waals surface area contributed by atoms with E-state index < -0.39 is 12.0 Å². The van der Waals surface area contributed by atoms with E-state index in [9.17, 15) is 14.4 Å². The molecule has 1 aromatic carbocycles. The van der Waals surface area contributed by atoms with E-state index in [-0.39, 0.29) is 24.2 Å². The Labute approximate surface area is 216 Å². The van der Waals surface area contributed by atoms with Gasteiger partial charge in [0.05, 0.1) is 43.4 Å². The fourth-order valence-corrected chi connectivity index (χ4v) is 5.84. The van der Waals surface area contributed by atoms with Crippen molar-refractivity contribution in [2.75, 3.05) is 26.8 Å². The summed E-state index contributed by atoms with van der Waals surface area (Å²) in [6.07, 6.45) is 2.23. The summed E-state index contributed by atoms with van der Waals surface area (Å²) >= 11 is 1.46. The molecule has 3 heterocycles.